The Hall–Kier alpha value is -0.0800. The van der Waals surface area contributed by atoms with Crippen LogP contribution in [-0.2, 0) is 4.74 Å². The maximum absolute atomic E-state index is 5.30. The van der Waals surface area contributed by atoms with Crippen molar-refractivity contribution < 1.29 is 4.74 Å². The fourth-order valence-corrected chi connectivity index (χ4v) is 2.43. The second-order valence-corrected chi connectivity index (χ2v) is 4.76. The van der Waals surface area contributed by atoms with Crippen LogP contribution in [0.1, 0.15) is 33.1 Å². The Morgan fingerprint density at radius 2 is 2.15 bits per heavy atom. The molecule has 0 aromatic carbocycles. The Morgan fingerprint density at radius 3 is 2.77 bits per heavy atom. The molecule has 0 aromatic rings. The van der Waals surface area contributed by atoms with Crippen molar-refractivity contribution >= 4 is 0 Å². The van der Waals surface area contributed by atoms with E-state index in [1.165, 1.54) is 32.4 Å². The molecule has 2 heterocycles. The lowest BCUT2D eigenvalue weighted by Gasteiger charge is -2.37. The first-order valence-corrected chi connectivity index (χ1v) is 5.63. The summed E-state index contributed by atoms with van der Waals surface area (Å²) in [6, 6.07) is 0.818. The van der Waals surface area contributed by atoms with Crippen molar-refractivity contribution in [3.05, 3.63) is 0 Å². The monoisotopic (exact) mass is 183 g/mol. The van der Waals surface area contributed by atoms with E-state index in [-0.39, 0.29) is 0 Å². The Labute approximate surface area is 81.3 Å². The molecule has 0 spiro atoms. The van der Waals surface area contributed by atoms with Gasteiger partial charge in [-0.05, 0) is 25.3 Å². The first kappa shape index (κ1) is 9.47. The maximum atomic E-state index is 5.30. The van der Waals surface area contributed by atoms with E-state index in [9.17, 15) is 0 Å². The molecule has 2 atom stereocenters. The van der Waals surface area contributed by atoms with Crippen molar-refractivity contribution in [3.8, 4) is 0 Å². The third kappa shape index (κ3) is 2.44. The highest BCUT2D eigenvalue weighted by molar-refractivity contribution is 4.84. The lowest BCUT2D eigenvalue weighted by atomic mass is 9.93. The van der Waals surface area contributed by atoms with Crippen molar-refractivity contribution in [3.63, 3.8) is 0 Å². The van der Waals surface area contributed by atoms with Crippen LogP contribution in [0.4, 0.5) is 0 Å². The first-order valence-electron chi connectivity index (χ1n) is 5.63. The molecule has 0 bridgehead atoms. The predicted octanol–water partition coefficient (Wildman–Crippen LogP) is 1.90. The van der Waals surface area contributed by atoms with Crippen molar-refractivity contribution in [1.82, 2.24) is 4.90 Å². The van der Waals surface area contributed by atoms with Gasteiger partial charge in [0.25, 0.3) is 0 Å². The van der Waals surface area contributed by atoms with Gasteiger partial charge < -0.3 is 4.74 Å². The summed E-state index contributed by atoms with van der Waals surface area (Å²) in [7, 11) is 0. The summed E-state index contributed by atoms with van der Waals surface area (Å²) in [6.07, 6.45) is 4.77. The summed E-state index contributed by atoms with van der Waals surface area (Å²) >= 11 is 0. The smallest absolute Gasteiger partial charge is 0.0936 e. The lowest BCUT2D eigenvalue weighted by molar-refractivity contribution is 0.103. The van der Waals surface area contributed by atoms with Crippen molar-refractivity contribution in [2.45, 2.75) is 45.3 Å². The van der Waals surface area contributed by atoms with E-state index in [4.69, 9.17) is 4.74 Å². The molecule has 13 heavy (non-hydrogen) atoms. The molecule has 0 aromatic heterocycles. The largest absolute Gasteiger partial charge is 0.372 e. The third-order valence-corrected chi connectivity index (χ3v) is 3.27. The van der Waals surface area contributed by atoms with Gasteiger partial charge in [-0.2, -0.15) is 0 Å². The minimum atomic E-state index is 0.569. The van der Waals surface area contributed by atoms with E-state index in [0.29, 0.717) is 6.10 Å². The number of piperidine rings is 1. The Balaban J connectivity index is 1.87. The molecular formula is C11H21NO. The van der Waals surface area contributed by atoms with Gasteiger partial charge in [0.1, 0.15) is 0 Å². The normalized spacial score (nSPS) is 35.3. The van der Waals surface area contributed by atoms with Crippen molar-refractivity contribution in [1.29, 1.82) is 0 Å². The molecule has 2 nitrogen and oxygen atoms in total. The number of hydrogen-bond donors (Lipinski definition) is 0. The van der Waals surface area contributed by atoms with Crippen LogP contribution >= 0.6 is 0 Å². The highest BCUT2D eigenvalue weighted by Gasteiger charge is 2.31. The van der Waals surface area contributed by atoms with E-state index in [2.05, 4.69) is 18.7 Å². The average Bonchev–Trinajstić information content (AvgIpc) is 2.89. The van der Waals surface area contributed by atoms with E-state index in [0.717, 1.165) is 18.6 Å². The van der Waals surface area contributed by atoms with Gasteiger partial charge in [-0.15, -0.1) is 0 Å². The second kappa shape index (κ2) is 3.97. The molecule has 0 saturated carbocycles. The molecule has 2 aliphatic rings. The maximum Gasteiger partial charge on any atom is 0.0936 e. The molecule has 0 aliphatic carbocycles. The molecule has 0 unspecified atom stereocenters. The highest BCUT2D eigenvalue weighted by atomic mass is 16.6. The van der Waals surface area contributed by atoms with Crippen molar-refractivity contribution in [2.75, 3.05) is 19.7 Å². The Bertz CT molecular complexity index is 165. The molecule has 0 N–H and O–H groups in total. The van der Waals surface area contributed by atoms with Crippen LogP contribution in [0.3, 0.4) is 0 Å². The summed E-state index contributed by atoms with van der Waals surface area (Å²) in [6.45, 7) is 8.17. The van der Waals surface area contributed by atoms with Gasteiger partial charge in [0.15, 0.2) is 0 Å². The predicted molar refractivity (Wildman–Crippen MR) is 53.8 cm³/mol. The van der Waals surface area contributed by atoms with Crippen LogP contribution in [0, 0.1) is 5.92 Å². The fourth-order valence-electron chi connectivity index (χ4n) is 2.43. The van der Waals surface area contributed by atoms with E-state index in [1.807, 2.05) is 0 Å². The SMILES string of the molecule is CC(C)[C@@H]1CCCCN1C[C@H]1CO1. The summed E-state index contributed by atoms with van der Waals surface area (Å²) < 4.78 is 5.30. The summed E-state index contributed by atoms with van der Waals surface area (Å²) in [4.78, 5) is 2.64. The van der Waals surface area contributed by atoms with Gasteiger partial charge in [-0.3, -0.25) is 4.90 Å². The number of likely N-dealkylation sites (tertiary alicyclic amines) is 1. The van der Waals surface area contributed by atoms with Gasteiger partial charge in [-0.1, -0.05) is 20.3 Å². The molecule has 0 amide bonds. The summed E-state index contributed by atoms with van der Waals surface area (Å²) in [5, 5.41) is 0. The minimum Gasteiger partial charge on any atom is -0.372 e. The van der Waals surface area contributed by atoms with Crippen LogP contribution in [0.5, 0.6) is 0 Å². The Morgan fingerprint density at radius 1 is 1.38 bits per heavy atom. The molecule has 2 rings (SSSR count). The van der Waals surface area contributed by atoms with E-state index >= 15 is 0 Å². The third-order valence-electron chi connectivity index (χ3n) is 3.27. The van der Waals surface area contributed by atoms with Crippen LogP contribution in [0.15, 0.2) is 0 Å². The van der Waals surface area contributed by atoms with Crippen molar-refractivity contribution in [2.24, 2.45) is 5.92 Å². The molecule has 0 radical (unpaired) electrons. The number of hydrogen-bond acceptors (Lipinski definition) is 2. The minimum absolute atomic E-state index is 0.569. The van der Waals surface area contributed by atoms with Crippen LogP contribution < -0.4 is 0 Å². The van der Waals surface area contributed by atoms with E-state index in [1.54, 1.807) is 0 Å². The van der Waals surface area contributed by atoms with Gasteiger partial charge in [0.05, 0.1) is 12.7 Å². The van der Waals surface area contributed by atoms with Gasteiger partial charge in [-0.25, -0.2) is 0 Å². The molecule has 2 aliphatic heterocycles. The highest BCUT2D eigenvalue weighted by Crippen LogP contribution is 2.25. The lowest BCUT2D eigenvalue weighted by Crippen LogP contribution is -2.44. The summed E-state index contributed by atoms with van der Waals surface area (Å²) in [5.41, 5.74) is 0. The molecule has 2 heteroatoms. The number of ether oxygens (including phenoxy) is 1. The first-order chi connectivity index (χ1) is 6.27. The standard InChI is InChI=1S/C11H21NO/c1-9(2)11-5-3-4-6-12(11)7-10-8-13-10/h9-11H,3-8H2,1-2H3/t10-,11-/m0/s1. The number of rotatable bonds is 3. The van der Waals surface area contributed by atoms with Crippen LogP contribution in [-0.4, -0.2) is 36.7 Å². The average molecular weight is 183 g/mol. The fraction of sp³-hybridized carbons (Fsp3) is 1.00. The Kier molecular flexibility index (Phi) is 2.89. The van der Waals surface area contributed by atoms with Crippen LogP contribution in [0.25, 0.3) is 0 Å². The molecule has 2 saturated heterocycles. The molecule has 76 valence electrons. The molecular weight excluding hydrogens is 162 g/mol. The van der Waals surface area contributed by atoms with Crippen LogP contribution in [0.2, 0.25) is 0 Å². The summed E-state index contributed by atoms with van der Waals surface area (Å²) in [5.74, 6) is 0.805. The zero-order valence-electron chi connectivity index (χ0n) is 8.83. The number of nitrogens with zero attached hydrogens (tertiary/aromatic N) is 1. The zero-order valence-corrected chi connectivity index (χ0v) is 8.83. The van der Waals surface area contributed by atoms with Gasteiger partial charge >= 0.3 is 0 Å². The zero-order chi connectivity index (χ0) is 9.26. The molecule has 2 fully saturated rings. The van der Waals surface area contributed by atoms with E-state index < -0.39 is 0 Å². The quantitative estimate of drug-likeness (QED) is 0.621. The van der Waals surface area contributed by atoms with Gasteiger partial charge in [0.2, 0.25) is 0 Å². The number of epoxide rings is 1. The topological polar surface area (TPSA) is 15.8 Å². The van der Waals surface area contributed by atoms with Gasteiger partial charge in [0, 0.05) is 12.6 Å². The second-order valence-electron chi connectivity index (χ2n) is 4.76.